The highest BCUT2D eigenvalue weighted by Crippen LogP contribution is 2.38. The molecule has 0 bridgehead atoms. The molecule has 1 aromatic carbocycles. The van der Waals surface area contributed by atoms with Crippen LogP contribution in [0.5, 0.6) is 0 Å². The summed E-state index contributed by atoms with van der Waals surface area (Å²) in [5.41, 5.74) is 9.34. The van der Waals surface area contributed by atoms with Gasteiger partial charge >= 0.3 is 0 Å². The van der Waals surface area contributed by atoms with Gasteiger partial charge in [0.1, 0.15) is 5.82 Å². The van der Waals surface area contributed by atoms with Gasteiger partial charge in [0.05, 0.1) is 10.7 Å². The number of hydrogen-bond donors (Lipinski definition) is 2. The van der Waals surface area contributed by atoms with Crippen LogP contribution in [0.3, 0.4) is 0 Å². The number of halogens is 1. The van der Waals surface area contributed by atoms with Gasteiger partial charge in [0, 0.05) is 51.9 Å². The van der Waals surface area contributed by atoms with E-state index < -0.39 is 0 Å². The van der Waals surface area contributed by atoms with Crippen molar-refractivity contribution in [1.29, 1.82) is 0 Å². The Bertz CT molecular complexity index is 1120. The molecule has 3 N–H and O–H groups in total. The van der Waals surface area contributed by atoms with Crippen molar-refractivity contribution in [1.82, 2.24) is 19.9 Å². The fourth-order valence-corrected chi connectivity index (χ4v) is 4.05. The Balaban J connectivity index is 1.61. The van der Waals surface area contributed by atoms with Crippen molar-refractivity contribution in [3.05, 3.63) is 77.8 Å². The third-order valence-electron chi connectivity index (χ3n) is 4.07. The van der Waals surface area contributed by atoms with Gasteiger partial charge in [0.2, 0.25) is 5.95 Å². The van der Waals surface area contributed by atoms with Crippen molar-refractivity contribution in [3.8, 4) is 11.3 Å². The Hall–Kier alpha value is -3.16. The first kappa shape index (κ1) is 19.2. The lowest BCUT2D eigenvalue weighted by atomic mass is 10.2. The maximum atomic E-state index is 6.57. The molecule has 0 unspecified atom stereocenters. The van der Waals surface area contributed by atoms with Gasteiger partial charge in [0.25, 0.3) is 0 Å². The number of benzene rings is 1. The van der Waals surface area contributed by atoms with Gasteiger partial charge in [-0.1, -0.05) is 23.4 Å². The van der Waals surface area contributed by atoms with Crippen LogP contribution in [-0.4, -0.2) is 19.9 Å². The van der Waals surface area contributed by atoms with Gasteiger partial charge in [-0.3, -0.25) is 9.97 Å². The summed E-state index contributed by atoms with van der Waals surface area (Å²) in [5, 5.41) is 3.93. The van der Waals surface area contributed by atoms with E-state index in [4.69, 9.17) is 17.3 Å². The van der Waals surface area contributed by atoms with Gasteiger partial charge in [-0.15, -0.1) is 0 Å². The van der Waals surface area contributed by atoms with E-state index in [-0.39, 0.29) is 5.95 Å². The van der Waals surface area contributed by atoms with E-state index >= 15 is 0 Å². The molecule has 3 aromatic heterocycles. The molecule has 0 atom stereocenters. The van der Waals surface area contributed by atoms with Crippen molar-refractivity contribution >= 4 is 40.8 Å². The highest BCUT2D eigenvalue weighted by molar-refractivity contribution is 7.99. The minimum absolute atomic E-state index is 0.182. The molecule has 0 saturated carbocycles. The quantitative estimate of drug-likeness (QED) is 0.448. The molecule has 144 valence electrons. The summed E-state index contributed by atoms with van der Waals surface area (Å²) in [4.78, 5) is 18.8. The number of nitrogen functional groups attached to an aromatic ring is 1. The van der Waals surface area contributed by atoms with E-state index in [0.717, 1.165) is 26.6 Å². The van der Waals surface area contributed by atoms with E-state index in [1.165, 1.54) is 0 Å². The first-order valence-corrected chi connectivity index (χ1v) is 9.98. The molecule has 0 fully saturated rings. The second kappa shape index (κ2) is 8.46. The zero-order valence-electron chi connectivity index (χ0n) is 15.5. The van der Waals surface area contributed by atoms with Crippen LogP contribution < -0.4 is 11.1 Å². The molecular weight excluding hydrogens is 404 g/mol. The Kier molecular flexibility index (Phi) is 5.59. The molecule has 0 saturated heterocycles. The van der Waals surface area contributed by atoms with Crippen molar-refractivity contribution in [2.45, 2.75) is 16.7 Å². The van der Waals surface area contributed by atoms with Crippen molar-refractivity contribution in [2.75, 3.05) is 11.1 Å². The average Bonchev–Trinajstić information content (AvgIpc) is 2.72. The van der Waals surface area contributed by atoms with Crippen LogP contribution in [-0.2, 0) is 0 Å². The molecule has 8 heteroatoms. The molecule has 0 amide bonds. The van der Waals surface area contributed by atoms with E-state index in [1.807, 2.05) is 49.4 Å². The normalized spacial score (nSPS) is 10.7. The molecule has 29 heavy (non-hydrogen) atoms. The van der Waals surface area contributed by atoms with Crippen molar-refractivity contribution < 1.29 is 0 Å². The van der Waals surface area contributed by atoms with E-state index in [1.54, 1.807) is 36.5 Å². The summed E-state index contributed by atoms with van der Waals surface area (Å²) < 4.78 is 0. The SMILES string of the molecule is Cc1cc(Nc2cc(-c3cccnc3)nc(N)n2)cc(Cl)c1Sc1ccncc1. The summed E-state index contributed by atoms with van der Waals surface area (Å²) >= 11 is 8.17. The number of hydrogen-bond acceptors (Lipinski definition) is 7. The Morgan fingerprint density at radius 1 is 1.00 bits per heavy atom. The third kappa shape index (κ3) is 4.64. The molecule has 4 rings (SSSR count). The molecule has 6 nitrogen and oxygen atoms in total. The number of nitrogens with two attached hydrogens (primary N) is 1. The number of anilines is 3. The summed E-state index contributed by atoms with van der Waals surface area (Å²) in [6.45, 7) is 2.02. The smallest absolute Gasteiger partial charge is 0.222 e. The zero-order chi connectivity index (χ0) is 20.2. The first-order chi connectivity index (χ1) is 14.1. The largest absolute Gasteiger partial charge is 0.368 e. The number of aryl methyl sites for hydroxylation is 1. The average molecular weight is 421 g/mol. The molecular formula is C21H17ClN6S. The third-order valence-corrected chi connectivity index (χ3v) is 5.74. The lowest BCUT2D eigenvalue weighted by Gasteiger charge is -2.13. The van der Waals surface area contributed by atoms with Gasteiger partial charge in [-0.05, 0) is 48.9 Å². The number of pyridine rings is 2. The number of rotatable bonds is 5. The summed E-state index contributed by atoms with van der Waals surface area (Å²) in [7, 11) is 0. The van der Waals surface area contributed by atoms with Gasteiger partial charge in [-0.25, -0.2) is 4.98 Å². The van der Waals surface area contributed by atoms with Crippen molar-refractivity contribution in [3.63, 3.8) is 0 Å². The molecule has 4 aromatic rings. The summed E-state index contributed by atoms with van der Waals surface area (Å²) in [5.74, 6) is 0.767. The molecule has 3 heterocycles. The molecule has 0 spiro atoms. The minimum Gasteiger partial charge on any atom is -0.368 e. The predicted octanol–water partition coefficient (Wildman–Crippen LogP) is 5.37. The fraction of sp³-hybridized carbons (Fsp3) is 0.0476. The molecule has 0 aliphatic carbocycles. The fourth-order valence-electron chi connectivity index (χ4n) is 2.80. The van der Waals surface area contributed by atoms with Crippen LogP contribution in [0.1, 0.15) is 5.56 Å². The Labute approximate surface area is 177 Å². The maximum Gasteiger partial charge on any atom is 0.222 e. The standard InChI is InChI=1S/C21H17ClN6S/c1-13-9-15(10-17(22)20(13)29-16-4-7-24-8-5-16)26-19-11-18(27-21(23)28-19)14-3-2-6-25-12-14/h2-12H,1H3,(H3,23,26,27,28). The number of nitrogens with zero attached hydrogens (tertiary/aromatic N) is 4. The maximum absolute atomic E-state index is 6.57. The van der Waals surface area contributed by atoms with E-state index in [9.17, 15) is 0 Å². The monoisotopic (exact) mass is 420 g/mol. The van der Waals surface area contributed by atoms with Crippen LogP contribution in [0.2, 0.25) is 5.02 Å². The van der Waals surface area contributed by atoms with Crippen LogP contribution in [0.15, 0.2) is 77.0 Å². The zero-order valence-corrected chi connectivity index (χ0v) is 17.1. The summed E-state index contributed by atoms with van der Waals surface area (Å²) in [6.07, 6.45) is 6.98. The highest BCUT2D eigenvalue weighted by atomic mass is 35.5. The lowest BCUT2D eigenvalue weighted by molar-refractivity contribution is 1.18. The van der Waals surface area contributed by atoms with Crippen LogP contribution in [0, 0.1) is 6.92 Å². The number of nitrogens with one attached hydrogen (secondary N) is 1. The first-order valence-electron chi connectivity index (χ1n) is 8.78. The second-order valence-electron chi connectivity index (χ2n) is 6.25. The van der Waals surface area contributed by atoms with E-state index in [0.29, 0.717) is 16.5 Å². The minimum atomic E-state index is 0.182. The Morgan fingerprint density at radius 2 is 1.83 bits per heavy atom. The highest BCUT2D eigenvalue weighted by Gasteiger charge is 2.11. The topological polar surface area (TPSA) is 89.6 Å². The van der Waals surface area contributed by atoms with Gasteiger partial charge in [-0.2, -0.15) is 4.98 Å². The molecule has 0 radical (unpaired) electrons. The molecule has 0 aliphatic heterocycles. The molecule has 0 aliphatic rings. The number of aromatic nitrogens is 4. The second-order valence-corrected chi connectivity index (χ2v) is 7.74. The van der Waals surface area contributed by atoms with Crippen LogP contribution >= 0.6 is 23.4 Å². The lowest BCUT2D eigenvalue weighted by Crippen LogP contribution is -2.02. The van der Waals surface area contributed by atoms with Crippen LogP contribution in [0.4, 0.5) is 17.5 Å². The van der Waals surface area contributed by atoms with Crippen molar-refractivity contribution in [2.24, 2.45) is 0 Å². The van der Waals surface area contributed by atoms with E-state index in [2.05, 4.69) is 25.3 Å². The Morgan fingerprint density at radius 3 is 2.55 bits per heavy atom. The predicted molar refractivity (Wildman–Crippen MR) is 118 cm³/mol. The van der Waals surface area contributed by atoms with Gasteiger partial charge < -0.3 is 11.1 Å². The van der Waals surface area contributed by atoms with Gasteiger partial charge in [0.15, 0.2) is 0 Å². The summed E-state index contributed by atoms with van der Waals surface area (Å²) in [6, 6.07) is 13.4. The van der Waals surface area contributed by atoms with Crippen LogP contribution in [0.25, 0.3) is 11.3 Å².